The van der Waals surface area contributed by atoms with Crippen LogP contribution in [0.25, 0.3) is 16.9 Å². The summed E-state index contributed by atoms with van der Waals surface area (Å²) < 4.78 is 34.4. The Kier molecular flexibility index (Phi) is 8.19. The molecular weight excluding hydrogens is 520 g/mol. The first-order valence-corrected chi connectivity index (χ1v) is 12.8. The minimum absolute atomic E-state index is 0.0117. The Morgan fingerprint density at radius 2 is 1.88 bits per heavy atom. The van der Waals surface area contributed by atoms with Crippen LogP contribution in [0.5, 0.6) is 0 Å². The molecule has 3 aromatic heterocycles. The van der Waals surface area contributed by atoms with Gasteiger partial charge in [-0.2, -0.15) is 14.6 Å². The maximum Gasteiger partial charge on any atom is 0.248 e. The average Bonchev–Trinajstić information content (AvgIpc) is 3.50. The van der Waals surface area contributed by atoms with Gasteiger partial charge >= 0.3 is 0 Å². The van der Waals surface area contributed by atoms with Crippen molar-refractivity contribution < 1.29 is 23.1 Å². The number of halogens is 2. The zero-order valence-electron chi connectivity index (χ0n) is 22.3. The minimum Gasteiger partial charge on any atom is -0.383 e. The number of nitrogens with one attached hydrogen (secondary N) is 1. The largest absolute Gasteiger partial charge is 0.383 e. The SMILES string of the molecule is COCCN1C[C@@H](NC(=O)Cc2c(C)c(-c3cnc(C)nc3)nn2-c2ccccc2)[C@H](c2cnc(F)c(F)c2)O1. The van der Waals surface area contributed by atoms with Crippen molar-refractivity contribution in [2.24, 2.45) is 0 Å². The molecule has 0 spiro atoms. The summed E-state index contributed by atoms with van der Waals surface area (Å²) >= 11 is 0. The lowest BCUT2D eigenvalue weighted by atomic mass is 10.0. The lowest BCUT2D eigenvalue weighted by molar-refractivity contribution is -0.154. The third kappa shape index (κ3) is 5.88. The van der Waals surface area contributed by atoms with Crippen molar-refractivity contribution >= 4 is 5.91 Å². The third-order valence-corrected chi connectivity index (χ3v) is 6.69. The number of ether oxygens (including phenoxy) is 1. The van der Waals surface area contributed by atoms with Gasteiger partial charge in [0.15, 0.2) is 5.82 Å². The van der Waals surface area contributed by atoms with E-state index in [0.717, 1.165) is 22.9 Å². The van der Waals surface area contributed by atoms with Gasteiger partial charge in [-0.15, -0.1) is 0 Å². The van der Waals surface area contributed by atoms with Crippen molar-refractivity contribution in [1.29, 1.82) is 0 Å². The van der Waals surface area contributed by atoms with E-state index in [1.54, 1.807) is 29.2 Å². The normalized spacial score (nSPS) is 17.3. The molecule has 5 rings (SSSR count). The molecule has 0 unspecified atom stereocenters. The molecule has 1 N–H and O–H groups in total. The standard InChI is InChI=1S/C28H29F2N7O3/c1-17-24(37(21-7-5-4-6-8-21)35-26(17)20-14-31-18(2)32-15-20)12-25(38)34-23-16-36(9-10-39-3)40-27(23)19-11-22(29)28(30)33-13-19/h4-8,11,13-15,23,27H,9-10,12,16H2,1-3H3,(H,34,38)/t23-,27+/m1/s1. The van der Waals surface area contributed by atoms with E-state index in [1.807, 2.05) is 44.2 Å². The Morgan fingerprint density at radius 1 is 1.12 bits per heavy atom. The van der Waals surface area contributed by atoms with Crippen LogP contribution in [0.2, 0.25) is 0 Å². The van der Waals surface area contributed by atoms with Crippen LogP contribution in [0.15, 0.2) is 55.0 Å². The lowest BCUT2D eigenvalue weighted by Gasteiger charge is -2.19. The van der Waals surface area contributed by atoms with Gasteiger partial charge in [0.1, 0.15) is 11.9 Å². The van der Waals surface area contributed by atoms with Crippen LogP contribution in [-0.2, 0) is 20.8 Å². The molecule has 208 valence electrons. The van der Waals surface area contributed by atoms with E-state index in [1.165, 1.54) is 6.20 Å². The van der Waals surface area contributed by atoms with Crippen molar-refractivity contribution in [2.45, 2.75) is 32.4 Å². The summed E-state index contributed by atoms with van der Waals surface area (Å²) in [4.78, 5) is 31.5. The fourth-order valence-electron chi connectivity index (χ4n) is 4.66. The highest BCUT2D eigenvalue weighted by Gasteiger charge is 2.37. The van der Waals surface area contributed by atoms with Gasteiger partial charge in [0, 0.05) is 49.9 Å². The molecule has 2 atom stereocenters. The molecule has 0 saturated carbocycles. The van der Waals surface area contributed by atoms with Crippen molar-refractivity contribution in [2.75, 3.05) is 26.8 Å². The van der Waals surface area contributed by atoms with Crippen LogP contribution in [0.1, 0.15) is 28.7 Å². The number of benzene rings is 1. The Labute approximate surface area is 229 Å². The number of pyridine rings is 1. The number of hydrogen-bond donors (Lipinski definition) is 1. The second-order valence-electron chi connectivity index (χ2n) is 9.49. The molecule has 40 heavy (non-hydrogen) atoms. The number of rotatable bonds is 9. The molecule has 1 amide bonds. The van der Waals surface area contributed by atoms with E-state index in [-0.39, 0.29) is 12.3 Å². The fraction of sp³-hybridized carbons (Fsp3) is 0.321. The van der Waals surface area contributed by atoms with Gasteiger partial charge in [-0.1, -0.05) is 18.2 Å². The Hall–Kier alpha value is -4.13. The smallest absolute Gasteiger partial charge is 0.248 e. The van der Waals surface area contributed by atoms with Gasteiger partial charge in [0.25, 0.3) is 0 Å². The first-order valence-electron chi connectivity index (χ1n) is 12.8. The summed E-state index contributed by atoms with van der Waals surface area (Å²) in [5, 5.41) is 9.47. The molecule has 1 fully saturated rings. The van der Waals surface area contributed by atoms with Crippen molar-refractivity contribution in [3.8, 4) is 16.9 Å². The van der Waals surface area contributed by atoms with E-state index in [4.69, 9.17) is 14.7 Å². The monoisotopic (exact) mass is 549 g/mol. The summed E-state index contributed by atoms with van der Waals surface area (Å²) in [7, 11) is 1.57. The quantitative estimate of drug-likeness (QED) is 0.317. The predicted molar refractivity (Wildman–Crippen MR) is 141 cm³/mol. The number of aryl methyl sites for hydroxylation is 1. The average molecular weight is 550 g/mol. The highest BCUT2D eigenvalue weighted by atomic mass is 19.2. The van der Waals surface area contributed by atoms with E-state index in [2.05, 4.69) is 20.3 Å². The molecule has 1 aliphatic rings. The highest BCUT2D eigenvalue weighted by Crippen LogP contribution is 2.31. The van der Waals surface area contributed by atoms with Gasteiger partial charge in [0.2, 0.25) is 11.9 Å². The maximum absolute atomic E-state index is 14.0. The number of hydroxylamine groups is 2. The molecule has 0 radical (unpaired) electrons. The summed E-state index contributed by atoms with van der Waals surface area (Å²) in [6.07, 6.45) is 3.89. The zero-order chi connectivity index (χ0) is 28.2. The molecule has 1 aliphatic heterocycles. The van der Waals surface area contributed by atoms with Crippen LogP contribution in [0, 0.1) is 25.6 Å². The van der Waals surface area contributed by atoms with Crippen molar-refractivity contribution in [3.63, 3.8) is 0 Å². The second-order valence-corrected chi connectivity index (χ2v) is 9.49. The number of carbonyl (C=O) groups excluding carboxylic acids is 1. The van der Waals surface area contributed by atoms with Gasteiger partial charge in [-0.3, -0.25) is 9.63 Å². The summed E-state index contributed by atoms with van der Waals surface area (Å²) in [5.74, 6) is -1.92. The Morgan fingerprint density at radius 3 is 2.58 bits per heavy atom. The number of nitrogens with zero attached hydrogens (tertiary/aromatic N) is 6. The zero-order valence-corrected chi connectivity index (χ0v) is 22.3. The number of aromatic nitrogens is 5. The van der Waals surface area contributed by atoms with Crippen LogP contribution in [0.3, 0.4) is 0 Å². The van der Waals surface area contributed by atoms with E-state index >= 15 is 0 Å². The van der Waals surface area contributed by atoms with Crippen LogP contribution >= 0.6 is 0 Å². The molecule has 4 aromatic rings. The second kappa shape index (κ2) is 11.9. The van der Waals surface area contributed by atoms with Crippen LogP contribution < -0.4 is 5.32 Å². The number of methoxy groups -OCH3 is 1. The molecule has 4 heterocycles. The topological polar surface area (TPSA) is 107 Å². The van der Waals surface area contributed by atoms with E-state index < -0.39 is 23.9 Å². The minimum atomic E-state index is -1.20. The Balaban J connectivity index is 1.42. The van der Waals surface area contributed by atoms with Gasteiger partial charge in [-0.05, 0) is 37.6 Å². The summed E-state index contributed by atoms with van der Waals surface area (Å²) in [5.41, 5.74) is 4.04. The van der Waals surface area contributed by atoms with Gasteiger partial charge in [-0.25, -0.2) is 24.0 Å². The van der Waals surface area contributed by atoms with Crippen molar-refractivity contribution in [3.05, 3.63) is 89.4 Å². The number of para-hydroxylation sites is 1. The van der Waals surface area contributed by atoms with Gasteiger partial charge in [0.05, 0.1) is 36.1 Å². The first-order chi connectivity index (χ1) is 19.3. The molecule has 0 aliphatic carbocycles. The number of hydrogen-bond acceptors (Lipinski definition) is 8. The molecule has 0 bridgehead atoms. The first kappa shape index (κ1) is 27.4. The fourth-order valence-corrected chi connectivity index (χ4v) is 4.66. The summed E-state index contributed by atoms with van der Waals surface area (Å²) in [6.45, 7) is 4.86. The number of amides is 1. The van der Waals surface area contributed by atoms with E-state index in [9.17, 15) is 13.6 Å². The molecule has 1 saturated heterocycles. The number of carbonyl (C=O) groups is 1. The molecule has 1 aromatic carbocycles. The molecular formula is C28H29F2N7O3. The van der Waals surface area contributed by atoms with Crippen LogP contribution in [-0.4, -0.2) is 68.6 Å². The maximum atomic E-state index is 14.0. The van der Waals surface area contributed by atoms with E-state index in [0.29, 0.717) is 42.5 Å². The highest BCUT2D eigenvalue weighted by molar-refractivity contribution is 5.80. The van der Waals surface area contributed by atoms with Crippen molar-refractivity contribution in [1.82, 2.24) is 35.1 Å². The Bertz CT molecular complexity index is 1480. The molecule has 12 heteroatoms. The molecule has 10 nitrogen and oxygen atoms in total. The summed E-state index contributed by atoms with van der Waals surface area (Å²) in [6, 6.07) is 10.0. The van der Waals surface area contributed by atoms with Gasteiger partial charge < -0.3 is 10.1 Å². The third-order valence-electron chi connectivity index (χ3n) is 6.69. The predicted octanol–water partition coefficient (Wildman–Crippen LogP) is 3.28. The lowest BCUT2D eigenvalue weighted by Crippen LogP contribution is -2.41. The van der Waals surface area contributed by atoms with Crippen LogP contribution in [0.4, 0.5) is 8.78 Å².